The molecule has 0 bridgehead atoms. The maximum atomic E-state index is 6.44. The van der Waals surface area contributed by atoms with Crippen LogP contribution < -0.4 is 0 Å². The number of rotatable bonds is 11. The number of benzene rings is 3. The summed E-state index contributed by atoms with van der Waals surface area (Å²) in [6, 6.07) is 30.0. The highest BCUT2D eigenvalue weighted by Crippen LogP contribution is 2.30. The standard InChI is InChI=1S/C30H30N2O5S/c38-30(32-17-16-31-22-32)37-29-28(35-20-25-14-8-3-9-15-25)27(34-19-24-12-6-2-7-13-24)26(36-29)21-33-18-23-10-4-1-5-11-23/h1-17,22,26-29H,18-21H2/t26-,27-,28-,29-/m1/s1. The summed E-state index contributed by atoms with van der Waals surface area (Å²) in [4.78, 5) is 4.05. The van der Waals surface area contributed by atoms with E-state index >= 15 is 0 Å². The molecule has 0 amide bonds. The molecule has 8 heteroatoms. The fourth-order valence-corrected chi connectivity index (χ4v) is 4.43. The van der Waals surface area contributed by atoms with Crippen LogP contribution in [0.25, 0.3) is 0 Å². The first-order valence-corrected chi connectivity index (χ1v) is 12.9. The Balaban J connectivity index is 1.33. The van der Waals surface area contributed by atoms with Gasteiger partial charge in [-0.25, -0.2) is 4.98 Å². The number of ether oxygens (including phenoxy) is 5. The van der Waals surface area contributed by atoms with Crippen molar-refractivity contribution in [1.29, 1.82) is 0 Å². The zero-order valence-corrected chi connectivity index (χ0v) is 21.7. The lowest BCUT2D eigenvalue weighted by molar-refractivity contribution is -0.145. The van der Waals surface area contributed by atoms with Crippen molar-refractivity contribution in [1.82, 2.24) is 9.55 Å². The van der Waals surface area contributed by atoms with Crippen LogP contribution in [0.5, 0.6) is 0 Å². The van der Waals surface area contributed by atoms with Gasteiger partial charge in [0.15, 0.2) is 0 Å². The van der Waals surface area contributed by atoms with Crippen LogP contribution in [-0.2, 0) is 43.5 Å². The molecule has 196 valence electrons. The van der Waals surface area contributed by atoms with E-state index in [1.165, 1.54) is 0 Å². The van der Waals surface area contributed by atoms with Gasteiger partial charge in [-0.2, -0.15) is 0 Å². The maximum absolute atomic E-state index is 6.44. The van der Waals surface area contributed by atoms with Crippen LogP contribution in [0.1, 0.15) is 16.7 Å². The van der Waals surface area contributed by atoms with Gasteiger partial charge >= 0.3 is 0 Å². The molecule has 0 N–H and O–H groups in total. The van der Waals surface area contributed by atoms with E-state index < -0.39 is 24.6 Å². The first-order chi connectivity index (χ1) is 18.8. The number of thiocarbonyl (C=S) groups is 1. The number of nitrogens with zero attached hydrogens (tertiary/aromatic N) is 2. The van der Waals surface area contributed by atoms with Gasteiger partial charge in [0.05, 0.1) is 26.4 Å². The molecule has 1 aliphatic heterocycles. The molecular formula is C30H30N2O5S. The molecule has 4 atom stereocenters. The number of aromatic nitrogens is 2. The first-order valence-electron chi connectivity index (χ1n) is 12.5. The fraction of sp³-hybridized carbons (Fsp3) is 0.267. The third kappa shape index (κ3) is 7.12. The average molecular weight is 531 g/mol. The van der Waals surface area contributed by atoms with E-state index in [1.54, 1.807) is 23.3 Å². The third-order valence-corrected chi connectivity index (χ3v) is 6.47. The van der Waals surface area contributed by atoms with Crippen molar-refractivity contribution in [2.75, 3.05) is 6.61 Å². The molecule has 0 aliphatic carbocycles. The van der Waals surface area contributed by atoms with Gasteiger partial charge in [-0.1, -0.05) is 91.0 Å². The van der Waals surface area contributed by atoms with Crippen LogP contribution in [-0.4, -0.2) is 45.9 Å². The van der Waals surface area contributed by atoms with E-state index in [9.17, 15) is 0 Å². The number of hydrogen-bond donors (Lipinski definition) is 0. The van der Waals surface area contributed by atoms with Crippen molar-refractivity contribution in [2.24, 2.45) is 0 Å². The third-order valence-electron chi connectivity index (χ3n) is 6.16. The molecule has 1 fully saturated rings. The molecule has 1 aromatic heterocycles. The van der Waals surface area contributed by atoms with E-state index in [2.05, 4.69) is 4.98 Å². The number of hydrogen-bond acceptors (Lipinski definition) is 7. The smallest absolute Gasteiger partial charge is 0.271 e. The Morgan fingerprint density at radius 3 is 1.87 bits per heavy atom. The second kappa shape index (κ2) is 13.4. The van der Waals surface area contributed by atoms with Gasteiger partial charge in [-0.3, -0.25) is 4.57 Å². The summed E-state index contributed by atoms with van der Waals surface area (Å²) in [6.45, 7) is 1.53. The van der Waals surface area contributed by atoms with Gasteiger partial charge in [-0.15, -0.1) is 0 Å². The van der Waals surface area contributed by atoms with Gasteiger partial charge in [0.1, 0.15) is 24.6 Å². The predicted molar refractivity (Wildman–Crippen MR) is 146 cm³/mol. The fourth-order valence-electron chi connectivity index (χ4n) is 4.23. The van der Waals surface area contributed by atoms with Crippen LogP contribution in [0.4, 0.5) is 0 Å². The largest absolute Gasteiger partial charge is 0.437 e. The van der Waals surface area contributed by atoms with Crippen molar-refractivity contribution < 1.29 is 23.7 Å². The Hall–Kier alpha value is -3.40. The molecule has 0 unspecified atom stereocenters. The van der Waals surface area contributed by atoms with Gasteiger partial charge < -0.3 is 23.7 Å². The highest BCUT2D eigenvalue weighted by molar-refractivity contribution is 7.80. The summed E-state index contributed by atoms with van der Waals surface area (Å²) >= 11 is 5.50. The van der Waals surface area contributed by atoms with E-state index in [1.807, 2.05) is 91.0 Å². The minimum Gasteiger partial charge on any atom is -0.437 e. The van der Waals surface area contributed by atoms with Crippen molar-refractivity contribution in [3.05, 3.63) is 126 Å². The minimum atomic E-state index is -0.792. The molecule has 0 spiro atoms. The van der Waals surface area contributed by atoms with Crippen LogP contribution >= 0.6 is 12.2 Å². The molecule has 3 aromatic carbocycles. The zero-order chi connectivity index (χ0) is 26.0. The molecule has 1 aliphatic rings. The van der Waals surface area contributed by atoms with Crippen molar-refractivity contribution >= 4 is 17.4 Å². The lowest BCUT2D eigenvalue weighted by Crippen LogP contribution is -2.40. The molecule has 2 heterocycles. The van der Waals surface area contributed by atoms with Gasteiger partial charge in [-0.05, 0) is 28.9 Å². The van der Waals surface area contributed by atoms with E-state index in [-0.39, 0.29) is 5.17 Å². The van der Waals surface area contributed by atoms with Gasteiger partial charge in [0, 0.05) is 12.4 Å². The molecule has 5 rings (SSSR count). The summed E-state index contributed by atoms with van der Waals surface area (Å²) in [5, 5.41) is 0.216. The summed E-state index contributed by atoms with van der Waals surface area (Å²) in [7, 11) is 0. The summed E-state index contributed by atoms with van der Waals surface area (Å²) in [6.07, 6.45) is 2.72. The van der Waals surface area contributed by atoms with E-state index in [4.69, 9.17) is 35.9 Å². The lowest BCUT2D eigenvalue weighted by atomic mass is 10.1. The average Bonchev–Trinajstić information content (AvgIpc) is 3.61. The highest BCUT2D eigenvalue weighted by atomic mass is 32.1. The Kier molecular flexibility index (Phi) is 9.25. The Morgan fingerprint density at radius 2 is 1.32 bits per heavy atom. The molecule has 4 aromatic rings. The van der Waals surface area contributed by atoms with Gasteiger partial charge in [0.25, 0.3) is 5.17 Å². The molecule has 7 nitrogen and oxygen atoms in total. The second-order valence-electron chi connectivity index (χ2n) is 8.92. The monoisotopic (exact) mass is 530 g/mol. The van der Waals surface area contributed by atoms with Crippen molar-refractivity contribution in [3.63, 3.8) is 0 Å². The topological polar surface area (TPSA) is 64.0 Å². The highest BCUT2D eigenvalue weighted by Gasteiger charge is 2.48. The maximum Gasteiger partial charge on any atom is 0.271 e. The summed E-state index contributed by atoms with van der Waals surface area (Å²) in [5.74, 6) is 0. The molecular weight excluding hydrogens is 500 g/mol. The molecule has 1 saturated heterocycles. The van der Waals surface area contributed by atoms with Crippen LogP contribution in [0, 0.1) is 0 Å². The Bertz CT molecular complexity index is 1240. The summed E-state index contributed by atoms with van der Waals surface area (Å²) < 4.78 is 33.0. The van der Waals surface area contributed by atoms with Crippen molar-refractivity contribution in [3.8, 4) is 0 Å². The summed E-state index contributed by atoms with van der Waals surface area (Å²) in [5.41, 5.74) is 3.17. The zero-order valence-electron chi connectivity index (χ0n) is 20.9. The van der Waals surface area contributed by atoms with Crippen LogP contribution in [0.2, 0.25) is 0 Å². The Labute approximate surface area is 227 Å². The second-order valence-corrected chi connectivity index (χ2v) is 9.27. The van der Waals surface area contributed by atoms with Crippen LogP contribution in [0.15, 0.2) is 110 Å². The van der Waals surface area contributed by atoms with Crippen LogP contribution in [0.3, 0.4) is 0 Å². The lowest BCUT2D eigenvalue weighted by Gasteiger charge is -2.25. The molecule has 0 radical (unpaired) electrons. The normalized spacial score (nSPS) is 20.8. The minimum absolute atomic E-state index is 0.216. The SMILES string of the molecule is S=C(O[C@H]1O[C@H](COCc2ccccc2)[C@@H](OCc2ccccc2)[C@H]1OCc1ccccc1)n1ccnc1. The Morgan fingerprint density at radius 1 is 0.763 bits per heavy atom. The molecule has 38 heavy (non-hydrogen) atoms. The van der Waals surface area contributed by atoms with E-state index in [0.717, 1.165) is 16.7 Å². The number of imidazole rings is 1. The van der Waals surface area contributed by atoms with Gasteiger partial charge in [0.2, 0.25) is 6.29 Å². The van der Waals surface area contributed by atoms with Crippen molar-refractivity contribution in [2.45, 2.75) is 44.4 Å². The predicted octanol–water partition coefficient (Wildman–Crippen LogP) is 5.15. The molecule has 0 saturated carbocycles. The quantitative estimate of drug-likeness (QED) is 0.249. The first kappa shape index (κ1) is 26.2. The van der Waals surface area contributed by atoms with E-state index in [0.29, 0.717) is 26.4 Å².